The summed E-state index contributed by atoms with van der Waals surface area (Å²) in [7, 11) is 0. The molecule has 2 saturated carbocycles. The summed E-state index contributed by atoms with van der Waals surface area (Å²) in [4.78, 5) is 28.5. The third-order valence-corrected chi connectivity index (χ3v) is 7.43. The van der Waals surface area contributed by atoms with Crippen molar-refractivity contribution >= 4 is 28.3 Å². The number of imide groups is 1. The van der Waals surface area contributed by atoms with Gasteiger partial charge in [-0.1, -0.05) is 48.6 Å². The van der Waals surface area contributed by atoms with E-state index in [-0.39, 0.29) is 35.0 Å². The minimum absolute atomic E-state index is 0.00183. The Kier molecular flexibility index (Phi) is 2.23. The second-order valence-electron chi connectivity index (χ2n) is 8.36. The quantitative estimate of drug-likeness (QED) is 0.587. The Morgan fingerprint density at radius 2 is 1.76 bits per heavy atom. The van der Waals surface area contributed by atoms with E-state index in [2.05, 4.69) is 12.2 Å². The molecule has 1 heterocycles. The summed E-state index contributed by atoms with van der Waals surface area (Å²) in [6.07, 6.45) is 6.78. The maximum Gasteiger partial charge on any atom is 0.241 e. The summed E-state index contributed by atoms with van der Waals surface area (Å²) in [5.74, 6) is 0.302. The maximum absolute atomic E-state index is 13.5. The molecule has 3 aliphatic carbocycles. The lowest BCUT2D eigenvalue weighted by Crippen LogP contribution is -2.39. The molecule has 3 nitrogen and oxygen atoms in total. The Morgan fingerprint density at radius 3 is 2.52 bits per heavy atom. The highest BCUT2D eigenvalue weighted by atomic mass is 16.2. The molecule has 2 aromatic carbocycles. The first-order chi connectivity index (χ1) is 12.1. The molecule has 0 N–H and O–H groups in total. The molecule has 2 amide bonds. The number of allylic oxidation sites excluding steroid dienone is 2. The van der Waals surface area contributed by atoms with Gasteiger partial charge in [-0.3, -0.25) is 9.59 Å². The van der Waals surface area contributed by atoms with Crippen LogP contribution in [0.1, 0.15) is 19.8 Å². The molecule has 2 aromatic rings. The normalized spacial score (nSPS) is 36.7. The van der Waals surface area contributed by atoms with E-state index in [0.717, 1.165) is 29.3 Å². The fourth-order valence-electron chi connectivity index (χ4n) is 6.20. The molecule has 4 atom stereocenters. The van der Waals surface area contributed by atoms with E-state index < -0.39 is 5.41 Å². The number of hydrogen-bond acceptors (Lipinski definition) is 2. The van der Waals surface area contributed by atoms with Crippen LogP contribution >= 0.6 is 0 Å². The summed E-state index contributed by atoms with van der Waals surface area (Å²) in [6, 6.07) is 13.8. The lowest BCUT2D eigenvalue weighted by molar-refractivity contribution is -0.127. The van der Waals surface area contributed by atoms with Gasteiger partial charge >= 0.3 is 0 Å². The van der Waals surface area contributed by atoms with Crippen molar-refractivity contribution in [1.29, 1.82) is 0 Å². The van der Waals surface area contributed by atoms with Crippen LogP contribution < -0.4 is 4.90 Å². The molecule has 0 radical (unpaired) electrons. The van der Waals surface area contributed by atoms with Gasteiger partial charge in [0.05, 0.1) is 17.0 Å². The topological polar surface area (TPSA) is 37.4 Å². The van der Waals surface area contributed by atoms with E-state index in [0.29, 0.717) is 0 Å². The number of nitrogens with zero attached hydrogens (tertiary/aromatic N) is 1. The van der Waals surface area contributed by atoms with Gasteiger partial charge in [-0.2, -0.15) is 0 Å². The van der Waals surface area contributed by atoms with Gasteiger partial charge in [0.1, 0.15) is 0 Å². The van der Waals surface area contributed by atoms with Crippen LogP contribution in [0.3, 0.4) is 0 Å². The van der Waals surface area contributed by atoms with Crippen LogP contribution in [0.15, 0.2) is 54.6 Å². The molecule has 124 valence electrons. The molecular formula is C22H19NO2. The number of carbonyl (C=O) groups excluding carboxylic acids is 2. The average molecular weight is 329 g/mol. The number of anilines is 1. The first-order valence-electron chi connectivity index (χ1n) is 9.13. The summed E-state index contributed by atoms with van der Waals surface area (Å²) in [5, 5.41) is 2.03. The molecule has 1 aliphatic heterocycles. The van der Waals surface area contributed by atoms with Crippen LogP contribution in [-0.2, 0) is 9.59 Å². The lowest BCUT2D eigenvalue weighted by atomic mass is 9.71. The SMILES string of the molecule is C[C@@]12C(=O)N(c3cccc4ccccc34)C(=O)[C@@H]1[C@H]1C=C[C@H]2C12CC2. The van der Waals surface area contributed by atoms with Gasteiger partial charge in [-0.15, -0.1) is 0 Å². The van der Waals surface area contributed by atoms with Crippen molar-refractivity contribution in [1.82, 2.24) is 0 Å². The first-order valence-corrected chi connectivity index (χ1v) is 9.13. The highest BCUT2D eigenvalue weighted by molar-refractivity contribution is 6.27. The predicted octanol–water partition coefficient (Wildman–Crippen LogP) is 3.93. The number of amides is 2. The molecule has 3 fully saturated rings. The molecule has 2 bridgehead atoms. The summed E-state index contributed by atoms with van der Waals surface area (Å²) in [5.41, 5.74) is 0.396. The highest BCUT2D eigenvalue weighted by Gasteiger charge is 2.78. The molecule has 6 rings (SSSR count). The van der Waals surface area contributed by atoms with Crippen LogP contribution in [-0.4, -0.2) is 11.8 Å². The Morgan fingerprint density at radius 1 is 1.00 bits per heavy atom. The molecule has 25 heavy (non-hydrogen) atoms. The maximum atomic E-state index is 13.5. The van der Waals surface area contributed by atoms with Gasteiger partial charge < -0.3 is 0 Å². The smallest absolute Gasteiger partial charge is 0.241 e. The van der Waals surface area contributed by atoms with Crippen LogP contribution in [0, 0.1) is 28.6 Å². The standard InChI is InChI=1S/C22H19NO2/c1-21-17-10-9-15(22(17)11-12-22)18(21)19(24)23(20(21)25)16-8-4-6-13-5-2-3-7-14(13)16/h2-10,15,17-18H,11-12H2,1H3/t15-,17-,18+,21+/m1/s1. The zero-order valence-corrected chi connectivity index (χ0v) is 14.1. The highest BCUT2D eigenvalue weighted by Crippen LogP contribution is 2.77. The van der Waals surface area contributed by atoms with Gasteiger partial charge in [0.25, 0.3) is 0 Å². The third-order valence-electron chi connectivity index (χ3n) is 7.43. The minimum atomic E-state index is -0.566. The average Bonchev–Trinajstić information content (AvgIpc) is 3.24. The van der Waals surface area contributed by atoms with Gasteiger partial charge in [-0.05, 0) is 48.5 Å². The molecule has 0 aromatic heterocycles. The second-order valence-corrected chi connectivity index (χ2v) is 8.36. The number of fused-ring (bicyclic) bond motifs is 4. The summed E-state index contributed by atoms with van der Waals surface area (Å²) < 4.78 is 0. The number of hydrogen-bond donors (Lipinski definition) is 0. The van der Waals surface area contributed by atoms with Crippen molar-refractivity contribution in [2.24, 2.45) is 28.6 Å². The zero-order valence-electron chi connectivity index (χ0n) is 14.1. The van der Waals surface area contributed by atoms with Crippen molar-refractivity contribution in [2.75, 3.05) is 4.90 Å². The largest absolute Gasteiger partial charge is 0.274 e. The van der Waals surface area contributed by atoms with E-state index in [9.17, 15) is 9.59 Å². The Hall–Kier alpha value is -2.42. The van der Waals surface area contributed by atoms with Gasteiger partial charge in [0.2, 0.25) is 11.8 Å². The summed E-state index contributed by atoms with van der Waals surface area (Å²) >= 11 is 0. The first kappa shape index (κ1) is 13.8. The number of carbonyl (C=O) groups is 2. The third kappa shape index (κ3) is 1.34. The minimum Gasteiger partial charge on any atom is -0.274 e. The van der Waals surface area contributed by atoms with E-state index in [1.807, 2.05) is 49.4 Å². The molecule has 4 aliphatic rings. The van der Waals surface area contributed by atoms with Crippen molar-refractivity contribution < 1.29 is 9.59 Å². The van der Waals surface area contributed by atoms with Gasteiger partial charge in [-0.25, -0.2) is 4.90 Å². The summed E-state index contributed by atoms with van der Waals surface area (Å²) in [6.45, 7) is 2.04. The van der Waals surface area contributed by atoms with Crippen LogP contribution in [0.25, 0.3) is 10.8 Å². The van der Waals surface area contributed by atoms with Crippen molar-refractivity contribution in [2.45, 2.75) is 19.8 Å². The molecule has 3 heteroatoms. The predicted molar refractivity (Wildman–Crippen MR) is 95.8 cm³/mol. The van der Waals surface area contributed by atoms with E-state index >= 15 is 0 Å². The number of rotatable bonds is 1. The number of benzene rings is 2. The van der Waals surface area contributed by atoms with Crippen LogP contribution in [0.4, 0.5) is 5.69 Å². The van der Waals surface area contributed by atoms with Crippen molar-refractivity contribution in [3.05, 3.63) is 54.6 Å². The Labute approximate surface area is 146 Å². The van der Waals surface area contributed by atoms with Gasteiger partial charge in [0, 0.05) is 5.39 Å². The van der Waals surface area contributed by atoms with Crippen LogP contribution in [0.2, 0.25) is 0 Å². The molecular weight excluding hydrogens is 310 g/mol. The Bertz CT molecular complexity index is 997. The molecule has 1 saturated heterocycles. The van der Waals surface area contributed by atoms with E-state index in [4.69, 9.17) is 0 Å². The van der Waals surface area contributed by atoms with Crippen LogP contribution in [0.5, 0.6) is 0 Å². The lowest BCUT2D eigenvalue weighted by Gasteiger charge is -2.29. The van der Waals surface area contributed by atoms with Crippen molar-refractivity contribution in [3.8, 4) is 0 Å². The van der Waals surface area contributed by atoms with E-state index in [1.165, 1.54) is 4.90 Å². The second kappa shape index (κ2) is 4.04. The Balaban J connectivity index is 1.54. The van der Waals surface area contributed by atoms with E-state index in [1.54, 1.807) is 0 Å². The fourth-order valence-corrected chi connectivity index (χ4v) is 6.20. The fraction of sp³-hybridized carbons (Fsp3) is 0.364. The van der Waals surface area contributed by atoms with Gasteiger partial charge in [0.15, 0.2) is 0 Å². The molecule has 0 unspecified atom stereocenters. The van der Waals surface area contributed by atoms with Crippen molar-refractivity contribution in [3.63, 3.8) is 0 Å². The monoisotopic (exact) mass is 329 g/mol. The zero-order chi connectivity index (χ0) is 17.0. The molecule has 1 spiro atoms.